The van der Waals surface area contributed by atoms with E-state index in [2.05, 4.69) is 25.0 Å². The van der Waals surface area contributed by atoms with Gasteiger partial charge in [-0.2, -0.15) is 13.2 Å². The van der Waals surface area contributed by atoms with Crippen molar-refractivity contribution >= 4 is 23.0 Å². The van der Waals surface area contributed by atoms with Gasteiger partial charge in [-0.15, -0.1) is 0 Å². The van der Waals surface area contributed by atoms with Gasteiger partial charge in [0.25, 0.3) is 0 Å². The number of benzene rings is 1. The molecule has 0 unspecified atom stereocenters. The SMILES string of the molecule is COC(=O)c1ccc(-n2cnc3c(NC4CC4)nc(C(F)(F)F)nc32)cc1. The second kappa shape index (κ2) is 6.22. The van der Waals surface area contributed by atoms with Gasteiger partial charge in [0.1, 0.15) is 6.33 Å². The molecule has 1 aromatic carbocycles. The number of hydrogen-bond acceptors (Lipinski definition) is 6. The second-order valence-corrected chi connectivity index (χ2v) is 6.14. The maximum atomic E-state index is 13.2. The highest BCUT2D eigenvalue weighted by molar-refractivity contribution is 5.89. The lowest BCUT2D eigenvalue weighted by Gasteiger charge is -2.11. The average molecular weight is 377 g/mol. The molecule has 7 nitrogen and oxygen atoms in total. The highest BCUT2D eigenvalue weighted by atomic mass is 19.4. The Kier molecular flexibility index (Phi) is 3.97. The molecule has 0 amide bonds. The van der Waals surface area contributed by atoms with Crippen LogP contribution in [0.15, 0.2) is 30.6 Å². The first-order valence-electron chi connectivity index (χ1n) is 8.14. The molecule has 1 aliphatic carbocycles. The molecule has 2 heterocycles. The van der Waals surface area contributed by atoms with E-state index >= 15 is 0 Å². The molecule has 1 saturated carbocycles. The molecular weight excluding hydrogens is 363 g/mol. The van der Waals surface area contributed by atoms with E-state index < -0.39 is 18.0 Å². The second-order valence-electron chi connectivity index (χ2n) is 6.14. The highest BCUT2D eigenvalue weighted by Crippen LogP contribution is 2.33. The fourth-order valence-electron chi connectivity index (χ4n) is 2.61. The first kappa shape index (κ1) is 17.3. The van der Waals surface area contributed by atoms with Gasteiger partial charge in [0.05, 0.1) is 12.7 Å². The fourth-order valence-corrected chi connectivity index (χ4v) is 2.61. The van der Waals surface area contributed by atoms with E-state index in [-0.39, 0.29) is 23.0 Å². The molecule has 1 N–H and O–H groups in total. The molecule has 1 fully saturated rings. The van der Waals surface area contributed by atoms with E-state index in [1.165, 1.54) is 30.1 Å². The number of nitrogens with one attached hydrogen (secondary N) is 1. The van der Waals surface area contributed by atoms with Crippen molar-refractivity contribution in [3.63, 3.8) is 0 Å². The third-order valence-corrected chi connectivity index (χ3v) is 4.13. The Morgan fingerprint density at radius 3 is 2.52 bits per heavy atom. The number of nitrogens with zero attached hydrogens (tertiary/aromatic N) is 4. The Bertz CT molecular complexity index is 1010. The van der Waals surface area contributed by atoms with Crippen molar-refractivity contribution in [2.45, 2.75) is 25.1 Å². The van der Waals surface area contributed by atoms with Crippen molar-refractivity contribution in [1.29, 1.82) is 0 Å². The minimum Gasteiger partial charge on any atom is -0.465 e. The molecule has 0 atom stereocenters. The standard InChI is InChI=1S/C17H14F3N5O2/c1-27-15(26)9-2-6-11(7-3-9)25-8-21-12-13(22-10-4-5-10)23-16(17(18,19)20)24-14(12)25/h2-3,6-8,10H,4-5H2,1H3,(H,22,23,24). The minimum absolute atomic E-state index is 0.0336. The summed E-state index contributed by atoms with van der Waals surface area (Å²) in [6.07, 6.45) is -1.55. The lowest BCUT2D eigenvalue weighted by Crippen LogP contribution is -2.15. The summed E-state index contributed by atoms with van der Waals surface area (Å²) in [6, 6.07) is 6.30. The molecule has 10 heteroatoms. The largest absolute Gasteiger partial charge is 0.465 e. The molecular formula is C17H14F3N5O2. The van der Waals surface area contributed by atoms with Crippen LogP contribution in [0.4, 0.5) is 19.0 Å². The number of ether oxygens (including phenoxy) is 1. The van der Waals surface area contributed by atoms with Crippen LogP contribution >= 0.6 is 0 Å². The summed E-state index contributed by atoms with van der Waals surface area (Å²) in [5.41, 5.74) is 1.12. The van der Waals surface area contributed by atoms with Crippen LogP contribution in [-0.2, 0) is 10.9 Å². The van der Waals surface area contributed by atoms with Crippen LogP contribution in [0.3, 0.4) is 0 Å². The summed E-state index contributed by atoms with van der Waals surface area (Å²) in [4.78, 5) is 23.0. The quantitative estimate of drug-likeness (QED) is 0.703. The van der Waals surface area contributed by atoms with Crippen molar-refractivity contribution in [1.82, 2.24) is 19.5 Å². The smallest absolute Gasteiger partial charge is 0.451 e. The normalized spacial score (nSPS) is 14.4. The van der Waals surface area contributed by atoms with Crippen LogP contribution in [-0.4, -0.2) is 38.6 Å². The van der Waals surface area contributed by atoms with Crippen LogP contribution < -0.4 is 5.32 Å². The van der Waals surface area contributed by atoms with Crippen molar-refractivity contribution in [2.24, 2.45) is 0 Å². The molecule has 140 valence electrons. The van der Waals surface area contributed by atoms with Gasteiger partial charge in [-0.3, -0.25) is 4.57 Å². The predicted octanol–water partition coefficient (Wildman–Crippen LogP) is 3.20. The average Bonchev–Trinajstić information content (AvgIpc) is 3.36. The molecule has 4 rings (SSSR count). The first-order valence-corrected chi connectivity index (χ1v) is 8.14. The molecule has 0 saturated heterocycles. The summed E-state index contributed by atoms with van der Waals surface area (Å²) in [5.74, 6) is -1.67. The number of aromatic nitrogens is 4. The summed E-state index contributed by atoms with van der Waals surface area (Å²) in [5, 5.41) is 2.98. The Labute approximate surface area is 151 Å². The maximum absolute atomic E-state index is 13.2. The van der Waals surface area contributed by atoms with E-state index in [0.717, 1.165) is 12.8 Å². The number of carbonyl (C=O) groups excluding carboxylic acids is 1. The molecule has 2 aromatic heterocycles. The zero-order valence-corrected chi connectivity index (χ0v) is 14.1. The van der Waals surface area contributed by atoms with Crippen molar-refractivity contribution < 1.29 is 22.7 Å². The zero-order valence-electron chi connectivity index (χ0n) is 14.1. The first-order chi connectivity index (χ1) is 12.9. The molecule has 1 aliphatic rings. The van der Waals surface area contributed by atoms with Crippen LogP contribution in [0.1, 0.15) is 29.0 Å². The molecule has 0 aliphatic heterocycles. The van der Waals surface area contributed by atoms with Gasteiger partial charge in [-0.05, 0) is 37.1 Å². The third-order valence-electron chi connectivity index (χ3n) is 4.13. The monoisotopic (exact) mass is 377 g/mol. The number of alkyl halides is 3. The maximum Gasteiger partial charge on any atom is 0.451 e. The van der Waals surface area contributed by atoms with Gasteiger partial charge in [0.2, 0.25) is 5.82 Å². The van der Waals surface area contributed by atoms with Gasteiger partial charge in [0, 0.05) is 11.7 Å². The van der Waals surface area contributed by atoms with Crippen LogP contribution in [0.25, 0.3) is 16.9 Å². The Balaban J connectivity index is 1.82. The third kappa shape index (κ3) is 3.29. The Hall–Kier alpha value is -3.17. The number of carbonyl (C=O) groups is 1. The fraction of sp³-hybridized carbons (Fsp3) is 0.294. The van der Waals surface area contributed by atoms with E-state index in [9.17, 15) is 18.0 Å². The van der Waals surface area contributed by atoms with Gasteiger partial charge >= 0.3 is 12.1 Å². The highest BCUT2D eigenvalue weighted by Gasteiger charge is 2.37. The summed E-state index contributed by atoms with van der Waals surface area (Å²) in [7, 11) is 1.27. The Morgan fingerprint density at radius 1 is 1.22 bits per heavy atom. The van der Waals surface area contributed by atoms with Gasteiger partial charge in [0.15, 0.2) is 17.0 Å². The number of halogens is 3. The molecule has 0 radical (unpaired) electrons. The molecule has 0 bridgehead atoms. The number of rotatable bonds is 4. The van der Waals surface area contributed by atoms with Crippen molar-refractivity contribution in [3.05, 3.63) is 42.0 Å². The molecule has 27 heavy (non-hydrogen) atoms. The lowest BCUT2D eigenvalue weighted by atomic mass is 10.2. The molecule has 3 aromatic rings. The van der Waals surface area contributed by atoms with Gasteiger partial charge in [-0.25, -0.2) is 19.7 Å². The number of esters is 1. The summed E-state index contributed by atoms with van der Waals surface area (Å²) < 4.78 is 45.8. The van der Waals surface area contributed by atoms with E-state index in [1.54, 1.807) is 12.1 Å². The summed E-state index contributed by atoms with van der Waals surface area (Å²) >= 11 is 0. The summed E-state index contributed by atoms with van der Waals surface area (Å²) in [6.45, 7) is 0. The topological polar surface area (TPSA) is 81.9 Å². The van der Waals surface area contributed by atoms with E-state index in [1.807, 2.05) is 0 Å². The van der Waals surface area contributed by atoms with Crippen LogP contribution in [0.5, 0.6) is 0 Å². The number of methoxy groups -OCH3 is 1. The lowest BCUT2D eigenvalue weighted by molar-refractivity contribution is -0.144. The van der Waals surface area contributed by atoms with Gasteiger partial charge < -0.3 is 10.1 Å². The minimum atomic E-state index is -4.68. The van der Waals surface area contributed by atoms with E-state index in [0.29, 0.717) is 11.3 Å². The number of imidazole rings is 1. The number of fused-ring (bicyclic) bond motifs is 1. The zero-order chi connectivity index (χ0) is 19.2. The van der Waals surface area contributed by atoms with Gasteiger partial charge in [-0.1, -0.05) is 0 Å². The predicted molar refractivity (Wildman–Crippen MR) is 89.6 cm³/mol. The molecule has 0 spiro atoms. The number of anilines is 1. The van der Waals surface area contributed by atoms with E-state index in [4.69, 9.17) is 0 Å². The van der Waals surface area contributed by atoms with Crippen LogP contribution in [0, 0.1) is 0 Å². The Morgan fingerprint density at radius 2 is 1.93 bits per heavy atom. The van der Waals surface area contributed by atoms with Crippen LogP contribution in [0.2, 0.25) is 0 Å². The number of hydrogen-bond donors (Lipinski definition) is 1. The van der Waals surface area contributed by atoms with Crippen molar-refractivity contribution in [3.8, 4) is 5.69 Å². The van der Waals surface area contributed by atoms with Crippen molar-refractivity contribution in [2.75, 3.05) is 12.4 Å².